The molecule has 0 saturated heterocycles. The van der Waals surface area contributed by atoms with Crippen LogP contribution in [0.1, 0.15) is 96.9 Å². The van der Waals surface area contributed by atoms with Crippen molar-refractivity contribution < 1.29 is 0 Å². The molecule has 0 spiro atoms. The van der Waals surface area contributed by atoms with Crippen LogP contribution >= 0.6 is 0 Å². The lowest BCUT2D eigenvalue weighted by molar-refractivity contribution is 0.177. The van der Waals surface area contributed by atoms with E-state index in [1.807, 2.05) is 0 Å². The van der Waals surface area contributed by atoms with E-state index >= 15 is 0 Å². The van der Waals surface area contributed by atoms with Crippen molar-refractivity contribution in [3.05, 3.63) is 125 Å². The van der Waals surface area contributed by atoms with Gasteiger partial charge in [0.25, 0.3) is 0 Å². The van der Waals surface area contributed by atoms with Gasteiger partial charge in [0.1, 0.15) is 0 Å². The largest absolute Gasteiger partial charge is 0.296 e. The van der Waals surface area contributed by atoms with Crippen LogP contribution in [0.15, 0.2) is 86.0 Å². The molecule has 1 fully saturated rings. The SMILES string of the molecule is C=CCCCCN(CCc1ccccc1CCc1ccc(C#CC2CC2)cc1)C1CCCc2cc(C(=C)C)ccc21. The Hall–Kier alpha value is -3.34. The van der Waals surface area contributed by atoms with Crippen molar-refractivity contribution in [1.82, 2.24) is 4.90 Å². The molecule has 0 heterocycles. The van der Waals surface area contributed by atoms with Crippen LogP contribution in [0.2, 0.25) is 0 Å². The van der Waals surface area contributed by atoms with E-state index in [9.17, 15) is 0 Å². The zero-order valence-electron chi connectivity index (χ0n) is 25.1. The van der Waals surface area contributed by atoms with E-state index < -0.39 is 0 Å². The maximum Gasteiger partial charge on any atom is 0.0351 e. The zero-order chi connectivity index (χ0) is 28.4. The fourth-order valence-corrected chi connectivity index (χ4v) is 6.22. The maximum atomic E-state index is 4.19. The van der Waals surface area contributed by atoms with Crippen molar-refractivity contribution in [3.8, 4) is 11.8 Å². The fourth-order valence-electron chi connectivity index (χ4n) is 6.22. The van der Waals surface area contributed by atoms with E-state index in [2.05, 4.69) is 110 Å². The number of rotatable bonds is 13. The molecule has 1 heteroatoms. The van der Waals surface area contributed by atoms with Crippen LogP contribution in [0.5, 0.6) is 0 Å². The van der Waals surface area contributed by atoms with Gasteiger partial charge in [-0.25, -0.2) is 0 Å². The maximum absolute atomic E-state index is 4.19. The lowest BCUT2D eigenvalue weighted by Crippen LogP contribution is -2.34. The van der Waals surface area contributed by atoms with Gasteiger partial charge in [0, 0.05) is 24.1 Å². The number of unbranched alkanes of at least 4 members (excludes halogenated alkanes) is 2. The summed E-state index contributed by atoms with van der Waals surface area (Å²) in [5.41, 5.74) is 11.1. The first-order chi connectivity index (χ1) is 20.1. The second-order valence-electron chi connectivity index (χ2n) is 12.2. The molecule has 1 saturated carbocycles. The lowest BCUT2D eigenvalue weighted by atomic mass is 9.84. The number of hydrogen-bond donors (Lipinski definition) is 0. The quantitative estimate of drug-likeness (QED) is 0.118. The lowest BCUT2D eigenvalue weighted by Gasteiger charge is -2.36. The molecule has 5 rings (SSSR count). The standard InChI is InChI=1S/C40H47N/c1-4-5-6-9-28-41(40-14-10-13-38-30-37(31(2)3)25-26-39(38)40)29-27-36-12-8-7-11-35(36)24-23-34-21-19-33(20-22-34)18-17-32-15-16-32/h4,7-8,11-12,19-22,25-26,30,32,40H,1-2,5-6,9-10,13-16,23-24,27-29H2,3H3. The highest BCUT2D eigenvalue weighted by Crippen LogP contribution is 2.36. The number of allylic oxidation sites excluding steroid dienone is 2. The van der Waals surface area contributed by atoms with Crippen molar-refractivity contribution in [2.24, 2.45) is 5.92 Å². The normalized spacial score (nSPS) is 16.1. The molecule has 0 bridgehead atoms. The van der Waals surface area contributed by atoms with Gasteiger partial charge in [0.2, 0.25) is 0 Å². The highest BCUT2D eigenvalue weighted by Gasteiger charge is 2.26. The number of fused-ring (bicyclic) bond motifs is 1. The van der Waals surface area contributed by atoms with Crippen molar-refractivity contribution in [3.63, 3.8) is 0 Å². The van der Waals surface area contributed by atoms with Gasteiger partial charge in [-0.05, 0) is 130 Å². The molecular formula is C40H47N. The summed E-state index contributed by atoms with van der Waals surface area (Å²) in [6.45, 7) is 12.5. The first-order valence-corrected chi connectivity index (χ1v) is 15.9. The van der Waals surface area contributed by atoms with Crippen LogP contribution in [0.25, 0.3) is 5.57 Å². The fraction of sp³-hybridized carbons (Fsp3) is 0.400. The molecule has 212 valence electrons. The van der Waals surface area contributed by atoms with Crippen molar-refractivity contribution in [2.75, 3.05) is 13.1 Å². The molecule has 2 aliphatic carbocycles. The van der Waals surface area contributed by atoms with E-state index in [0.29, 0.717) is 12.0 Å². The first kappa shape index (κ1) is 29.2. The Kier molecular flexibility index (Phi) is 10.3. The minimum Gasteiger partial charge on any atom is -0.296 e. The summed E-state index contributed by atoms with van der Waals surface area (Å²) < 4.78 is 0. The summed E-state index contributed by atoms with van der Waals surface area (Å²) in [5.74, 6) is 7.37. The van der Waals surface area contributed by atoms with Crippen LogP contribution in [-0.2, 0) is 25.7 Å². The highest BCUT2D eigenvalue weighted by atomic mass is 15.2. The Morgan fingerprint density at radius 1 is 0.902 bits per heavy atom. The summed E-state index contributed by atoms with van der Waals surface area (Å²) in [6.07, 6.45) is 15.1. The van der Waals surface area contributed by atoms with Crippen molar-refractivity contribution >= 4 is 5.57 Å². The summed E-state index contributed by atoms with van der Waals surface area (Å²) in [6, 6.07) is 25.7. The Balaban J connectivity index is 1.26. The summed E-state index contributed by atoms with van der Waals surface area (Å²) in [7, 11) is 0. The van der Waals surface area contributed by atoms with Gasteiger partial charge >= 0.3 is 0 Å². The molecule has 0 radical (unpaired) electrons. The molecule has 1 atom stereocenters. The first-order valence-electron chi connectivity index (χ1n) is 15.9. The van der Waals surface area contributed by atoms with Crippen LogP contribution in [0.4, 0.5) is 0 Å². The second kappa shape index (κ2) is 14.5. The van der Waals surface area contributed by atoms with E-state index in [1.54, 1.807) is 5.56 Å². The van der Waals surface area contributed by atoms with Gasteiger partial charge in [0.15, 0.2) is 0 Å². The van der Waals surface area contributed by atoms with Crippen LogP contribution < -0.4 is 0 Å². The minimum absolute atomic E-state index is 0.510. The molecule has 3 aromatic carbocycles. The van der Waals surface area contributed by atoms with Gasteiger partial charge in [-0.2, -0.15) is 0 Å². The average molecular weight is 542 g/mol. The average Bonchev–Trinajstić information content (AvgIpc) is 3.84. The van der Waals surface area contributed by atoms with E-state index in [-0.39, 0.29) is 0 Å². The van der Waals surface area contributed by atoms with Gasteiger partial charge < -0.3 is 0 Å². The molecule has 0 aliphatic heterocycles. The second-order valence-corrected chi connectivity index (χ2v) is 12.2. The summed E-state index contributed by atoms with van der Waals surface area (Å²) >= 11 is 0. The van der Waals surface area contributed by atoms with Gasteiger partial charge in [0.05, 0.1) is 0 Å². The number of aryl methyl sites for hydroxylation is 3. The molecule has 0 amide bonds. The number of benzene rings is 3. The zero-order valence-corrected chi connectivity index (χ0v) is 25.1. The Labute approximate surface area is 249 Å². The Morgan fingerprint density at radius 2 is 1.68 bits per heavy atom. The molecule has 1 nitrogen and oxygen atoms in total. The monoisotopic (exact) mass is 541 g/mol. The van der Waals surface area contributed by atoms with Gasteiger partial charge in [-0.15, -0.1) is 6.58 Å². The molecule has 1 unspecified atom stereocenters. The molecular weight excluding hydrogens is 494 g/mol. The number of nitrogens with zero attached hydrogens (tertiary/aromatic N) is 1. The third-order valence-corrected chi connectivity index (χ3v) is 8.88. The van der Waals surface area contributed by atoms with Crippen molar-refractivity contribution in [2.45, 2.75) is 83.6 Å². The van der Waals surface area contributed by atoms with Gasteiger partial charge in [-0.1, -0.05) is 84.7 Å². The minimum atomic E-state index is 0.510. The van der Waals surface area contributed by atoms with E-state index in [1.165, 1.54) is 72.8 Å². The predicted molar refractivity (Wildman–Crippen MR) is 176 cm³/mol. The topological polar surface area (TPSA) is 3.24 Å². The number of hydrogen-bond acceptors (Lipinski definition) is 1. The molecule has 0 N–H and O–H groups in total. The third kappa shape index (κ3) is 8.34. The molecule has 0 aromatic heterocycles. The van der Waals surface area contributed by atoms with Crippen molar-refractivity contribution in [1.29, 1.82) is 0 Å². The summed E-state index contributed by atoms with van der Waals surface area (Å²) in [5, 5.41) is 0. The Bertz CT molecular complexity index is 1380. The van der Waals surface area contributed by atoms with E-state index in [0.717, 1.165) is 49.9 Å². The molecule has 2 aliphatic rings. The van der Waals surface area contributed by atoms with Crippen LogP contribution in [0.3, 0.4) is 0 Å². The molecule has 3 aromatic rings. The van der Waals surface area contributed by atoms with E-state index in [4.69, 9.17) is 0 Å². The predicted octanol–water partition coefficient (Wildman–Crippen LogP) is 9.54. The Morgan fingerprint density at radius 3 is 2.41 bits per heavy atom. The third-order valence-electron chi connectivity index (χ3n) is 8.88. The molecule has 41 heavy (non-hydrogen) atoms. The van der Waals surface area contributed by atoms with Crippen LogP contribution in [0, 0.1) is 17.8 Å². The summed E-state index contributed by atoms with van der Waals surface area (Å²) in [4.78, 5) is 2.79. The van der Waals surface area contributed by atoms with Crippen LogP contribution in [-0.4, -0.2) is 18.0 Å². The van der Waals surface area contributed by atoms with Gasteiger partial charge in [-0.3, -0.25) is 4.90 Å². The smallest absolute Gasteiger partial charge is 0.0351 e. The highest BCUT2D eigenvalue weighted by molar-refractivity contribution is 5.63.